The number of likely N-dealkylation sites (tertiary alicyclic amines) is 2. The summed E-state index contributed by atoms with van der Waals surface area (Å²) in [6.45, 7) is 9.89. The van der Waals surface area contributed by atoms with Gasteiger partial charge in [-0.05, 0) is 109 Å². The number of carboxylic acids is 1. The number of nitrogens with one attached hydrogen (secondary N) is 1. The van der Waals surface area contributed by atoms with Gasteiger partial charge in [-0.3, -0.25) is 19.1 Å². The van der Waals surface area contributed by atoms with Gasteiger partial charge >= 0.3 is 5.97 Å². The lowest BCUT2D eigenvalue weighted by atomic mass is 9.70. The van der Waals surface area contributed by atoms with Crippen molar-refractivity contribution in [3.63, 3.8) is 0 Å². The van der Waals surface area contributed by atoms with Crippen molar-refractivity contribution in [1.82, 2.24) is 24.7 Å². The summed E-state index contributed by atoms with van der Waals surface area (Å²) >= 11 is 8.58. The smallest absolute Gasteiger partial charge is 0.308 e. The molecule has 2 N–H and O–H groups in total. The van der Waals surface area contributed by atoms with Gasteiger partial charge in [0.15, 0.2) is 0 Å². The minimum atomic E-state index is -0.696. The van der Waals surface area contributed by atoms with E-state index in [1.807, 2.05) is 23.3 Å². The average Bonchev–Trinajstić information content (AvgIpc) is 3.42. The fourth-order valence-electron chi connectivity index (χ4n) is 9.78. The van der Waals surface area contributed by atoms with E-state index in [0.717, 1.165) is 62.0 Å². The first kappa shape index (κ1) is 32.4. The van der Waals surface area contributed by atoms with Crippen molar-refractivity contribution in [3.8, 4) is 0 Å². The second-order valence-corrected chi connectivity index (χ2v) is 17.2. The van der Waals surface area contributed by atoms with E-state index in [-0.39, 0.29) is 40.3 Å². The van der Waals surface area contributed by atoms with Crippen molar-refractivity contribution in [3.05, 3.63) is 27.4 Å². The number of thioether (sulfide) groups is 1. The number of hydrogen-bond donors (Lipinski definition) is 2. The van der Waals surface area contributed by atoms with E-state index in [0.29, 0.717) is 42.2 Å². The number of fused-ring (bicyclic) bond motifs is 2. The van der Waals surface area contributed by atoms with Crippen LogP contribution in [0.5, 0.6) is 0 Å². The van der Waals surface area contributed by atoms with Crippen LogP contribution in [0.25, 0.3) is 0 Å². The molecule has 0 aromatic carbocycles. The Morgan fingerprint density at radius 3 is 2.71 bits per heavy atom. The number of carbonyl (C=O) groups is 1. The maximum absolute atomic E-state index is 13.9. The maximum Gasteiger partial charge on any atom is 0.308 e. The third-order valence-electron chi connectivity index (χ3n) is 12.4. The predicted molar refractivity (Wildman–Crippen MR) is 178 cm³/mol. The number of aliphatic carboxylic acids is 1. The molecular weight excluding hydrogens is 610 g/mol. The summed E-state index contributed by atoms with van der Waals surface area (Å²) in [5.74, 6) is 1.07. The lowest BCUT2D eigenvalue weighted by molar-refractivity contribution is -0.142. The van der Waals surface area contributed by atoms with Crippen LogP contribution in [0.3, 0.4) is 0 Å². The van der Waals surface area contributed by atoms with E-state index in [1.165, 1.54) is 39.0 Å². The molecule has 0 amide bonds. The molecule has 4 saturated heterocycles. The Kier molecular flexibility index (Phi) is 9.38. The molecule has 2 aliphatic carbocycles. The zero-order chi connectivity index (χ0) is 31.5. The standard InChI is InChI=1S/C34H52ClN5O4S/c1-20-14-25(31-30(36-20)27(17-45-31)33(42)43)24-15-22(35)4-7-29(24)44-13-12-40-21(2)37-28-6-5-23(16-26(28)32(40)41)39-18-34(19-39)8-10-38(3)11-9-34/h20,22-25,27,29-31,36H,4-19H2,1-3H3,(H,42,43). The van der Waals surface area contributed by atoms with Crippen molar-refractivity contribution in [2.45, 2.75) is 113 Å². The molecule has 4 aliphatic heterocycles. The first-order valence-electron chi connectivity index (χ1n) is 17.5. The summed E-state index contributed by atoms with van der Waals surface area (Å²) in [6.07, 6.45) is 9.21. The Morgan fingerprint density at radius 1 is 1.18 bits per heavy atom. The Hall–Kier alpha value is -1.17. The molecule has 0 radical (unpaired) electrons. The van der Waals surface area contributed by atoms with Crippen LogP contribution in [0.4, 0.5) is 0 Å². The highest BCUT2D eigenvalue weighted by molar-refractivity contribution is 8.00. The molecule has 1 aromatic heterocycles. The molecular formula is C34H52ClN5O4S. The third kappa shape index (κ3) is 6.38. The first-order valence-corrected chi connectivity index (χ1v) is 19.0. The van der Waals surface area contributed by atoms with Gasteiger partial charge in [-0.25, -0.2) is 4.98 Å². The largest absolute Gasteiger partial charge is 0.481 e. The topological polar surface area (TPSA) is 99.9 Å². The van der Waals surface area contributed by atoms with Crippen LogP contribution in [0.2, 0.25) is 0 Å². The highest BCUT2D eigenvalue weighted by Gasteiger charge is 2.52. The van der Waals surface area contributed by atoms with E-state index >= 15 is 0 Å². The van der Waals surface area contributed by atoms with Gasteiger partial charge < -0.3 is 20.1 Å². The Labute approximate surface area is 277 Å². The van der Waals surface area contributed by atoms with Crippen LogP contribution < -0.4 is 10.9 Å². The molecule has 5 heterocycles. The molecule has 0 bridgehead atoms. The quantitative estimate of drug-likeness (QED) is 0.426. The van der Waals surface area contributed by atoms with Crippen LogP contribution in [0, 0.1) is 30.1 Å². The summed E-state index contributed by atoms with van der Waals surface area (Å²) in [5, 5.41) is 13.9. The van der Waals surface area contributed by atoms with Crippen molar-refractivity contribution >= 4 is 29.3 Å². The molecule has 9 unspecified atom stereocenters. The van der Waals surface area contributed by atoms with Gasteiger partial charge in [-0.15, -0.1) is 11.6 Å². The Morgan fingerprint density at radius 2 is 1.96 bits per heavy atom. The van der Waals surface area contributed by atoms with Gasteiger partial charge in [0.2, 0.25) is 0 Å². The number of rotatable bonds is 7. The van der Waals surface area contributed by atoms with Crippen molar-refractivity contribution in [2.24, 2.45) is 23.2 Å². The van der Waals surface area contributed by atoms with E-state index in [2.05, 4.69) is 29.1 Å². The predicted octanol–water partition coefficient (Wildman–Crippen LogP) is 3.41. The number of ether oxygens (including phenoxy) is 1. The highest BCUT2D eigenvalue weighted by Crippen LogP contribution is 2.48. The fraction of sp³-hybridized carbons (Fsp3) is 0.853. The SMILES string of the molecule is Cc1nc2c(c(=O)n1CCOC1CCC(Cl)CC1C1CC(C)NC3C(C(=O)O)CSC13)CC(N1CC3(CCN(C)CC3)C1)CC2. The molecule has 1 aromatic rings. The molecule has 45 heavy (non-hydrogen) atoms. The number of aryl methyl sites for hydroxylation is 2. The van der Waals surface area contributed by atoms with E-state index in [4.69, 9.17) is 21.3 Å². The lowest BCUT2D eigenvalue weighted by Gasteiger charge is -2.56. The number of carboxylic acid groups (broad SMARTS) is 1. The number of alkyl halides is 1. The van der Waals surface area contributed by atoms with Crippen molar-refractivity contribution < 1.29 is 14.6 Å². The summed E-state index contributed by atoms with van der Waals surface area (Å²) in [5.41, 5.74) is 2.54. The van der Waals surface area contributed by atoms with Gasteiger partial charge in [0.1, 0.15) is 5.82 Å². The third-order valence-corrected chi connectivity index (χ3v) is 14.4. The van der Waals surface area contributed by atoms with Crippen LogP contribution >= 0.6 is 23.4 Å². The summed E-state index contributed by atoms with van der Waals surface area (Å²) in [6, 6.07) is 0.711. The molecule has 9 nitrogen and oxygen atoms in total. The van der Waals surface area contributed by atoms with E-state index in [1.54, 1.807) is 0 Å². The Bertz CT molecular complexity index is 1310. The minimum absolute atomic E-state index is 0.00427. The number of piperidine rings is 2. The van der Waals surface area contributed by atoms with Gasteiger partial charge in [0, 0.05) is 53.2 Å². The summed E-state index contributed by atoms with van der Waals surface area (Å²) < 4.78 is 8.52. The van der Waals surface area contributed by atoms with Crippen molar-refractivity contribution in [2.75, 3.05) is 45.6 Å². The van der Waals surface area contributed by atoms with Crippen LogP contribution in [0.1, 0.15) is 69.0 Å². The molecule has 9 atom stereocenters. The number of hydrogen-bond acceptors (Lipinski definition) is 8. The normalized spacial score (nSPS) is 38.4. The van der Waals surface area contributed by atoms with Gasteiger partial charge in [0.25, 0.3) is 5.56 Å². The number of nitrogens with zero attached hydrogens (tertiary/aromatic N) is 4. The maximum atomic E-state index is 13.9. The second kappa shape index (κ2) is 13.0. The van der Waals surface area contributed by atoms with Crippen LogP contribution in [0.15, 0.2) is 4.79 Å². The average molecular weight is 662 g/mol. The molecule has 250 valence electrons. The Balaban J connectivity index is 0.999. The van der Waals surface area contributed by atoms with Crippen molar-refractivity contribution in [1.29, 1.82) is 0 Å². The van der Waals surface area contributed by atoms with Gasteiger partial charge in [0.05, 0.1) is 30.9 Å². The minimum Gasteiger partial charge on any atom is -0.481 e. The number of aromatic nitrogens is 2. The lowest BCUT2D eigenvalue weighted by Crippen LogP contribution is -2.63. The summed E-state index contributed by atoms with van der Waals surface area (Å²) in [4.78, 5) is 35.9. The van der Waals surface area contributed by atoms with Crippen LogP contribution in [-0.4, -0.2) is 111 Å². The summed E-state index contributed by atoms with van der Waals surface area (Å²) in [7, 11) is 2.23. The molecule has 5 fully saturated rings. The second-order valence-electron chi connectivity index (χ2n) is 15.4. The molecule has 6 aliphatic rings. The molecule has 11 heteroatoms. The zero-order valence-corrected chi connectivity index (χ0v) is 28.8. The highest BCUT2D eigenvalue weighted by atomic mass is 35.5. The molecule has 1 saturated carbocycles. The van der Waals surface area contributed by atoms with Crippen LogP contribution in [-0.2, 0) is 28.9 Å². The number of halogens is 1. The fourth-order valence-corrected chi connectivity index (χ4v) is 11.9. The first-order chi connectivity index (χ1) is 21.6. The van der Waals surface area contributed by atoms with Gasteiger partial charge in [-0.2, -0.15) is 11.8 Å². The monoisotopic (exact) mass is 661 g/mol. The zero-order valence-electron chi connectivity index (χ0n) is 27.3. The van der Waals surface area contributed by atoms with E-state index in [9.17, 15) is 14.7 Å². The van der Waals surface area contributed by atoms with E-state index < -0.39 is 5.97 Å². The molecule has 7 rings (SSSR count). The molecule has 1 spiro atoms. The van der Waals surface area contributed by atoms with Gasteiger partial charge in [-0.1, -0.05) is 0 Å².